The first kappa shape index (κ1) is 12.9. The third-order valence-corrected chi connectivity index (χ3v) is 3.40. The van der Waals surface area contributed by atoms with Crippen molar-refractivity contribution in [3.8, 4) is 0 Å². The molecular formula is C14H10ClF2N3. The molecule has 0 radical (unpaired) electrons. The summed E-state index contributed by atoms with van der Waals surface area (Å²) in [4.78, 5) is 4.15. The standard InChI is InChI=1S/C14H10ClF2N3/c15-10-2-1-3-12-13(10)19-14(18)20(12)7-8-6-9(16)4-5-11(8)17/h1-6H,7H2,(H2,18,19). The smallest absolute Gasteiger partial charge is 0.201 e. The van der Waals surface area contributed by atoms with Gasteiger partial charge in [0.2, 0.25) is 5.95 Å². The molecule has 0 fully saturated rings. The van der Waals surface area contributed by atoms with Crippen LogP contribution in [0.2, 0.25) is 5.02 Å². The maximum Gasteiger partial charge on any atom is 0.201 e. The Morgan fingerprint density at radius 1 is 1.20 bits per heavy atom. The molecule has 6 heteroatoms. The van der Waals surface area contributed by atoms with Crippen LogP contribution in [0.25, 0.3) is 11.0 Å². The molecule has 0 unspecified atom stereocenters. The van der Waals surface area contributed by atoms with Crippen molar-refractivity contribution in [2.75, 3.05) is 5.73 Å². The molecule has 3 rings (SSSR count). The van der Waals surface area contributed by atoms with Gasteiger partial charge in [-0.15, -0.1) is 0 Å². The Balaban J connectivity index is 2.13. The van der Waals surface area contributed by atoms with E-state index in [0.717, 1.165) is 18.2 Å². The molecule has 0 amide bonds. The van der Waals surface area contributed by atoms with Gasteiger partial charge in [-0.25, -0.2) is 13.8 Å². The summed E-state index contributed by atoms with van der Waals surface area (Å²) in [6.07, 6.45) is 0. The quantitative estimate of drug-likeness (QED) is 0.784. The number of imidazole rings is 1. The summed E-state index contributed by atoms with van der Waals surface area (Å²) >= 11 is 6.04. The largest absolute Gasteiger partial charge is 0.369 e. The summed E-state index contributed by atoms with van der Waals surface area (Å²) in [6.45, 7) is 0.0896. The number of nitrogens with zero attached hydrogens (tertiary/aromatic N) is 2. The third kappa shape index (κ3) is 2.10. The van der Waals surface area contributed by atoms with E-state index in [-0.39, 0.29) is 18.1 Å². The number of para-hydroxylation sites is 1. The number of halogens is 3. The van der Waals surface area contributed by atoms with Crippen molar-refractivity contribution in [2.24, 2.45) is 0 Å². The second-order valence-corrected chi connectivity index (χ2v) is 4.81. The van der Waals surface area contributed by atoms with Gasteiger partial charge in [-0.1, -0.05) is 17.7 Å². The molecule has 3 nitrogen and oxygen atoms in total. The fraction of sp³-hybridized carbons (Fsp3) is 0.0714. The lowest BCUT2D eigenvalue weighted by molar-refractivity contribution is 0.579. The van der Waals surface area contributed by atoms with Crippen molar-refractivity contribution in [1.82, 2.24) is 9.55 Å². The van der Waals surface area contributed by atoms with Crippen molar-refractivity contribution >= 4 is 28.6 Å². The second-order valence-electron chi connectivity index (χ2n) is 4.40. The minimum atomic E-state index is -0.498. The number of rotatable bonds is 2. The van der Waals surface area contributed by atoms with E-state index in [1.807, 2.05) is 0 Å². The van der Waals surface area contributed by atoms with Crippen LogP contribution in [0.1, 0.15) is 5.56 Å². The van der Waals surface area contributed by atoms with E-state index in [4.69, 9.17) is 17.3 Å². The monoisotopic (exact) mass is 293 g/mol. The summed E-state index contributed by atoms with van der Waals surface area (Å²) in [5, 5.41) is 0.465. The molecule has 0 bridgehead atoms. The molecule has 0 saturated carbocycles. The number of aromatic nitrogens is 2. The molecule has 0 aliphatic heterocycles. The summed E-state index contributed by atoms with van der Waals surface area (Å²) in [7, 11) is 0. The van der Waals surface area contributed by atoms with Crippen LogP contribution in [-0.2, 0) is 6.54 Å². The van der Waals surface area contributed by atoms with Gasteiger partial charge in [0.25, 0.3) is 0 Å². The molecular weight excluding hydrogens is 284 g/mol. The number of benzene rings is 2. The number of fused-ring (bicyclic) bond motifs is 1. The number of nitrogens with two attached hydrogens (primary N) is 1. The molecule has 0 atom stereocenters. The predicted octanol–water partition coefficient (Wildman–Crippen LogP) is 3.60. The molecule has 2 aromatic carbocycles. The second kappa shape index (κ2) is 4.76. The lowest BCUT2D eigenvalue weighted by atomic mass is 10.2. The number of anilines is 1. The number of hydrogen-bond donors (Lipinski definition) is 1. The van der Waals surface area contributed by atoms with Gasteiger partial charge in [-0.2, -0.15) is 0 Å². The van der Waals surface area contributed by atoms with Crippen LogP contribution < -0.4 is 5.73 Å². The van der Waals surface area contributed by atoms with Crippen molar-refractivity contribution in [3.63, 3.8) is 0 Å². The van der Waals surface area contributed by atoms with E-state index in [1.54, 1.807) is 22.8 Å². The summed E-state index contributed by atoms with van der Waals surface area (Å²) < 4.78 is 28.5. The van der Waals surface area contributed by atoms with Gasteiger partial charge in [0.05, 0.1) is 17.1 Å². The Kier molecular flexibility index (Phi) is 3.06. The van der Waals surface area contributed by atoms with E-state index in [0.29, 0.717) is 16.1 Å². The van der Waals surface area contributed by atoms with Crippen LogP contribution in [0.3, 0.4) is 0 Å². The zero-order valence-electron chi connectivity index (χ0n) is 10.3. The van der Waals surface area contributed by atoms with Gasteiger partial charge in [0.1, 0.15) is 17.2 Å². The van der Waals surface area contributed by atoms with E-state index >= 15 is 0 Å². The Bertz CT molecular complexity index is 798. The summed E-state index contributed by atoms with van der Waals surface area (Å²) in [5.74, 6) is -0.783. The lowest BCUT2D eigenvalue weighted by Gasteiger charge is -2.08. The van der Waals surface area contributed by atoms with Gasteiger partial charge < -0.3 is 10.3 Å². The molecule has 3 aromatic rings. The lowest BCUT2D eigenvalue weighted by Crippen LogP contribution is -2.06. The molecule has 20 heavy (non-hydrogen) atoms. The minimum Gasteiger partial charge on any atom is -0.369 e. The van der Waals surface area contributed by atoms with E-state index in [2.05, 4.69) is 4.98 Å². The highest BCUT2D eigenvalue weighted by atomic mass is 35.5. The first-order chi connectivity index (χ1) is 9.56. The maximum atomic E-state index is 13.7. The molecule has 0 aliphatic rings. The zero-order chi connectivity index (χ0) is 14.3. The summed E-state index contributed by atoms with van der Waals surface area (Å²) in [5.41, 5.74) is 7.26. The van der Waals surface area contributed by atoms with Gasteiger partial charge in [-0.3, -0.25) is 0 Å². The predicted molar refractivity (Wildman–Crippen MR) is 74.6 cm³/mol. The van der Waals surface area contributed by atoms with Crippen LogP contribution >= 0.6 is 11.6 Å². The van der Waals surface area contributed by atoms with E-state index < -0.39 is 11.6 Å². The molecule has 1 aromatic heterocycles. The molecule has 0 spiro atoms. The Hall–Kier alpha value is -2.14. The number of nitrogen functional groups attached to an aromatic ring is 1. The third-order valence-electron chi connectivity index (χ3n) is 3.10. The Morgan fingerprint density at radius 3 is 2.80 bits per heavy atom. The average Bonchev–Trinajstić information content (AvgIpc) is 2.73. The Labute approximate surface area is 118 Å². The average molecular weight is 294 g/mol. The van der Waals surface area contributed by atoms with Crippen molar-refractivity contribution in [3.05, 3.63) is 58.6 Å². The van der Waals surface area contributed by atoms with Crippen molar-refractivity contribution in [1.29, 1.82) is 0 Å². The van der Waals surface area contributed by atoms with Crippen LogP contribution in [0.5, 0.6) is 0 Å². The molecule has 0 saturated heterocycles. The molecule has 1 heterocycles. The zero-order valence-corrected chi connectivity index (χ0v) is 11.0. The topological polar surface area (TPSA) is 43.8 Å². The highest BCUT2D eigenvalue weighted by molar-refractivity contribution is 6.35. The van der Waals surface area contributed by atoms with Gasteiger partial charge >= 0.3 is 0 Å². The Morgan fingerprint density at radius 2 is 2.00 bits per heavy atom. The van der Waals surface area contributed by atoms with Gasteiger partial charge in [0.15, 0.2) is 0 Å². The highest BCUT2D eigenvalue weighted by Crippen LogP contribution is 2.26. The molecule has 2 N–H and O–H groups in total. The maximum absolute atomic E-state index is 13.7. The minimum absolute atomic E-state index is 0.0896. The fourth-order valence-corrected chi connectivity index (χ4v) is 2.34. The van der Waals surface area contributed by atoms with Crippen molar-refractivity contribution < 1.29 is 8.78 Å². The number of hydrogen-bond acceptors (Lipinski definition) is 2. The first-order valence-electron chi connectivity index (χ1n) is 5.90. The highest BCUT2D eigenvalue weighted by Gasteiger charge is 2.13. The first-order valence-corrected chi connectivity index (χ1v) is 6.28. The summed E-state index contributed by atoms with van der Waals surface area (Å²) in [6, 6.07) is 8.54. The normalized spacial score (nSPS) is 11.2. The van der Waals surface area contributed by atoms with Crippen LogP contribution in [-0.4, -0.2) is 9.55 Å². The van der Waals surface area contributed by atoms with E-state index in [1.165, 1.54) is 0 Å². The van der Waals surface area contributed by atoms with E-state index in [9.17, 15) is 8.78 Å². The van der Waals surface area contributed by atoms with Gasteiger partial charge in [-0.05, 0) is 30.3 Å². The van der Waals surface area contributed by atoms with Crippen LogP contribution in [0, 0.1) is 11.6 Å². The van der Waals surface area contributed by atoms with Crippen molar-refractivity contribution in [2.45, 2.75) is 6.54 Å². The SMILES string of the molecule is Nc1nc2c(Cl)cccc2n1Cc1cc(F)ccc1F. The molecule has 0 aliphatic carbocycles. The van der Waals surface area contributed by atoms with Gasteiger partial charge in [0, 0.05) is 5.56 Å². The van der Waals surface area contributed by atoms with Crippen LogP contribution in [0.4, 0.5) is 14.7 Å². The van der Waals surface area contributed by atoms with Crippen LogP contribution in [0.15, 0.2) is 36.4 Å². The molecule has 102 valence electrons. The fourth-order valence-electron chi connectivity index (χ4n) is 2.13.